The lowest BCUT2D eigenvalue weighted by Gasteiger charge is -2.07. The SMILES string of the molecule is ClC1=CCC(Cl)N=C1Cl. The summed E-state index contributed by atoms with van der Waals surface area (Å²) in [6.45, 7) is 0. The topological polar surface area (TPSA) is 12.4 Å². The van der Waals surface area contributed by atoms with E-state index in [9.17, 15) is 0 Å². The van der Waals surface area contributed by atoms with Gasteiger partial charge in [-0.05, 0) is 0 Å². The summed E-state index contributed by atoms with van der Waals surface area (Å²) in [5.41, 5.74) is -0.236. The molecule has 50 valence electrons. The van der Waals surface area contributed by atoms with Gasteiger partial charge in [-0.2, -0.15) is 0 Å². The number of alkyl halides is 1. The van der Waals surface area contributed by atoms with E-state index >= 15 is 0 Å². The van der Waals surface area contributed by atoms with Crippen molar-refractivity contribution in [1.82, 2.24) is 0 Å². The number of dihydropyridines is 1. The highest BCUT2D eigenvalue weighted by atomic mass is 35.5. The van der Waals surface area contributed by atoms with E-state index in [0.717, 1.165) is 0 Å². The molecule has 0 aliphatic carbocycles. The van der Waals surface area contributed by atoms with Gasteiger partial charge in [-0.15, -0.1) is 0 Å². The van der Waals surface area contributed by atoms with Crippen LogP contribution in [0.5, 0.6) is 0 Å². The molecule has 9 heavy (non-hydrogen) atoms. The van der Waals surface area contributed by atoms with Gasteiger partial charge in [0, 0.05) is 6.42 Å². The van der Waals surface area contributed by atoms with Crippen LogP contribution in [0.4, 0.5) is 0 Å². The van der Waals surface area contributed by atoms with Gasteiger partial charge in [0.2, 0.25) is 0 Å². The Morgan fingerprint density at radius 1 is 1.56 bits per heavy atom. The van der Waals surface area contributed by atoms with Gasteiger partial charge < -0.3 is 0 Å². The number of hydrogen-bond acceptors (Lipinski definition) is 1. The Bertz CT molecular complexity index is 173. The van der Waals surface area contributed by atoms with Gasteiger partial charge in [-0.1, -0.05) is 40.9 Å². The molecular weight excluding hydrogens is 180 g/mol. The van der Waals surface area contributed by atoms with Crippen molar-refractivity contribution in [3.8, 4) is 0 Å². The summed E-state index contributed by atoms with van der Waals surface area (Å²) in [6, 6.07) is 0. The third-order valence-electron chi connectivity index (χ3n) is 0.942. The quantitative estimate of drug-likeness (QED) is 0.405. The van der Waals surface area contributed by atoms with Gasteiger partial charge in [0.05, 0.1) is 5.03 Å². The van der Waals surface area contributed by atoms with E-state index in [1.807, 2.05) is 0 Å². The van der Waals surface area contributed by atoms with Crippen LogP contribution < -0.4 is 0 Å². The monoisotopic (exact) mass is 183 g/mol. The molecule has 0 aromatic rings. The van der Waals surface area contributed by atoms with Crippen molar-refractivity contribution in [2.45, 2.75) is 11.9 Å². The van der Waals surface area contributed by atoms with E-state index in [0.29, 0.717) is 16.6 Å². The predicted octanol–water partition coefficient (Wildman–Crippen LogP) is 2.72. The molecule has 0 saturated carbocycles. The summed E-state index contributed by atoms with van der Waals surface area (Å²) >= 11 is 16.7. The fraction of sp³-hybridized carbons (Fsp3) is 0.400. The van der Waals surface area contributed by atoms with Crippen LogP contribution in [0.25, 0.3) is 0 Å². The maximum atomic E-state index is 5.60. The van der Waals surface area contributed by atoms with Crippen molar-refractivity contribution in [2.24, 2.45) is 4.99 Å². The van der Waals surface area contributed by atoms with E-state index in [-0.39, 0.29) is 5.50 Å². The lowest BCUT2D eigenvalue weighted by Crippen LogP contribution is -2.03. The Labute approximate surface area is 68.3 Å². The summed E-state index contributed by atoms with van der Waals surface area (Å²) < 4.78 is 0. The second-order valence-electron chi connectivity index (χ2n) is 1.64. The van der Waals surface area contributed by atoms with E-state index in [4.69, 9.17) is 34.8 Å². The van der Waals surface area contributed by atoms with Crippen LogP contribution >= 0.6 is 34.8 Å². The molecule has 0 fully saturated rings. The zero-order valence-electron chi connectivity index (χ0n) is 4.44. The van der Waals surface area contributed by atoms with Crippen molar-refractivity contribution in [2.75, 3.05) is 0 Å². The summed E-state index contributed by atoms with van der Waals surface area (Å²) in [7, 11) is 0. The van der Waals surface area contributed by atoms with Gasteiger partial charge in [0.25, 0.3) is 0 Å². The lowest BCUT2D eigenvalue weighted by atomic mass is 10.3. The minimum absolute atomic E-state index is 0.236. The number of hydrogen-bond donors (Lipinski definition) is 0. The molecule has 4 heteroatoms. The molecule has 0 radical (unpaired) electrons. The number of halogens is 3. The van der Waals surface area contributed by atoms with Crippen LogP contribution in [0.2, 0.25) is 0 Å². The van der Waals surface area contributed by atoms with E-state index in [2.05, 4.69) is 4.99 Å². The number of nitrogens with zero attached hydrogens (tertiary/aromatic N) is 1. The summed E-state index contributed by atoms with van der Waals surface area (Å²) in [5, 5.41) is 0.802. The molecule has 1 atom stereocenters. The molecule has 0 amide bonds. The number of allylic oxidation sites excluding steroid dienone is 1. The molecular formula is C5H4Cl3N. The molecule has 0 bridgehead atoms. The highest BCUT2D eigenvalue weighted by Gasteiger charge is 2.10. The van der Waals surface area contributed by atoms with E-state index in [1.54, 1.807) is 6.08 Å². The maximum absolute atomic E-state index is 5.60. The summed E-state index contributed by atoms with van der Waals surface area (Å²) in [6.07, 6.45) is 2.42. The van der Waals surface area contributed by atoms with E-state index in [1.165, 1.54) is 0 Å². The van der Waals surface area contributed by atoms with Crippen molar-refractivity contribution in [3.63, 3.8) is 0 Å². The lowest BCUT2D eigenvalue weighted by molar-refractivity contribution is 0.913. The van der Waals surface area contributed by atoms with Crippen LogP contribution in [-0.2, 0) is 0 Å². The molecule has 1 aliphatic rings. The Hall–Kier alpha value is 0.280. The van der Waals surface area contributed by atoms with Gasteiger partial charge in [-0.25, -0.2) is 0 Å². The Kier molecular flexibility index (Phi) is 2.39. The summed E-state index contributed by atoms with van der Waals surface area (Å²) in [4.78, 5) is 3.81. The predicted molar refractivity (Wildman–Crippen MR) is 41.5 cm³/mol. The highest BCUT2D eigenvalue weighted by molar-refractivity contribution is 6.76. The fourth-order valence-corrected chi connectivity index (χ4v) is 1.09. The first-order valence-electron chi connectivity index (χ1n) is 2.43. The van der Waals surface area contributed by atoms with Crippen LogP contribution in [0.1, 0.15) is 6.42 Å². The largest absolute Gasteiger partial charge is 0.252 e. The van der Waals surface area contributed by atoms with Crippen molar-refractivity contribution >= 4 is 40.0 Å². The Morgan fingerprint density at radius 3 is 2.67 bits per heavy atom. The zero-order valence-corrected chi connectivity index (χ0v) is 6.71. The highest BCUT2D eigenvalue weighted by Crippen LogP contribution is 2.20. The second-order valence-corrected chi connectivity index (χ2v) is 2.91. The molecule has 1 unspecified atom stereocenters. The number of aliphatic imine (C=N–C) groups is 1. The molecule has 0 aromatic heterocycles. The molecule has 0 aromatic carbocycles. The van der Waals surface area contributed by atoms with Gasteiger partial charge in [0.1, 0.15) is 10.7 Å². The first-order valence-corrected chi connectivity index (χ1v) is 3.63. The first-order chi connectivity index (χ1) is 4.20. The Morgan fingerprint density at radius 2 is 2.22 bits per heavy atom. The fourth-order valence-electron chi connectivity index (χ4n) is 0.522. The summed E-state index contributed by atoms with van der Waals surface area (Å²) in [5.74, 6) is 0. The molecule has 1 heterocycles. The Balaban J connectivity index is 2.75. The third kappa shape index (κ3) is 1.85. The van der Waals surface area contributed by atoms with Gasteiger partial charge >= 0.3 is 0 Å². The minimum atomic E-state index is -0.236. The smallest absolute Gasteiger partial charge is 0.143 e. The molecule has 0 saturated heterocycles. The molecule has 0 N–H and O–H groups in total. The van der Waals surface area contributed by atoms with Crippen LogP contribution in [0.3, 0.4) is 0 Å². The van der Waals surface area contributed by atoms with Crippen molar-refractivity contribution in [1.29, 1.82) is 0 Å². The van der Waals surface area contributed by atoms with Crippen LogP contribution in [-0.4, -0.2) is 10.7 Å². The second kappa shape index (κ2) is 2.91. The molecule has 1 aliphatic heterocycles. The van der Waals surface area contributed by atoms with Crippen molar-refractivity contribution < 1.29 is 0 Å². The van der Waals surface area contributed by atoms with E-state index < -0.39 is 0 Å². The van der Waals surface area contributed by atoms with Gasteiger partial charge in [-0.3, -0.25) is 4.99 Å². The normalized spacial score (nSPS) is 27.2. The van der Waals surface area contributed by atoms with Crippen LogP contribution in [0, 0.1) is 0 Å². The maximum Gasteiger partial charge on any atom is 0.143 e. The average molecular weight is 184 g/mol. The minimum Gasteiger partial charge on any atom is -0.252 e. The zero-order chi connectivity index (χ0) is 6.85. The van der Waals surface area contributed by atoms with Gasteiger partial charge in [0.15, 0.2) is 0 Å². The first kappa shape index (κ1) is 7.39. The molecule has 1 rings (SSSR count). The van der Waals surface area contributed by atoms with Crippen LogP contribution in [0.15, 0.2) is 16.1 Å². The number of rotatable bonds is 0. The van der Waals surface area contributed by atoms with Crippen molar-refractivity contribution in [3.05, 3.63) is 11.1 Å². The standard InChI is InChI=1S/C5H4Cl3N/c6-3-1-2-4(7)9-5(3)8/h1,4H,2H2. The average Bonchev–Trinajstić information content (AvgIpc) is 1.80. The molecule has 0 spiro atoms. The molecule has 1 nitrogen and oxygen atoms in total. The third-order valence-corrected chi connectivity index (χ3v) is 1.95.